The van der Waals surface area contributed by atoms with Gasteiger partial charge in [-0.2, -0.15) is 0 Å². The van der Waals surface area contributed by atoms with E-state index in [9.17, 15) is 18.3 Å². The molecule has 6 nitrogen and oxygen atoms in total. The summed E-state index contributed by atoms with van der Waals surface area (Å²) in [4.78, 5) is 12.2. The van der Waals surface area contributed by atoms with Crippen molar-refractivity contribution in [1.82, 2.24) is 4.72 Å². The molecule has 0 bridgehead atoms. The summed E-state index contributed by atoms with van der Waals surface area (Å²) in [6, 6.07) is 11.8. The largest absolute Gasteiger partial charge is 0.508 e. The average molecular weight is 320 g/mol. The maximum absolute atomic E-state index is 12.2. The van der Waals surface area contributed by atoms with E-state index < -0.39 is 15.9 Å². The number of anilines is 1. The number of nitrogens with one attached hydrogen (secondary N) is 2. The Labute approximate surface area is 128 Å². The van der Waals surface area contributed by atoms with Gasteiger partial charge in [0.05, 0.1) is 4.90 Å². The van der Waals surface area contributed by atoms with Crippen molar-refractivity contribution in [2.75, 3.05) is 11.9 Å². The van der Waals surface area contributed by atoms with Gasteiger partial charge in [-0.15, -0.1) is 0 Å². The van der Waals surface area contributed by atoms with Gasteiger partial charge >= 0.3 is 0 Å². The summed E-state index contributed by atoms with van der Waals surface area (Å²) < 4.78 is 26.2. The zero-order valence-electron chi connectivity index (χ0n) is 11.9. The first-order valence-electron chi connectivity index (χ1n) is 6.62. The molecule has 116 valence electrons. The Morgan fingerprint density at radius 3 is 2.55 bits per heavy atom. The van der Waals surface area contributed by atoms with Crippen LogP contribution in [0.4, 0.5) is 5.69 Å². The van der Waals surface area contributed by atoms with Crippen molar-refractivity contribution in [3.05, 3.63) is 54.1 Å². The topological polar surface area (TPSA) is 95.5 Å². The highest BCUT2D eigenvalue weighted by Gasteiger charge is 2.15. The lowest BCUT2D eigenvalue weighted by Crippen LogP contribution is -2.23. The molecule has 0 aliphatic heterocycles. The molecule has 0 atom stereocenters. The van der Waals surface area contributed by atoms with Crippen LogP contribution in [-0.4, -0.2) is 26.0 Å². The van der Waals surface area contributed by atoms with E-state index >= 15 is 0 Å². The van der Waals surface area contributed by atoms with Crippen molar-refractivity contribution in [1.29, 1.82) is 0 Å². The van der Waals surface area contributed by atoms with Gasteiger partial charge in [-0.25, -0.2) is 13.1 Å². The van der Waals surface area contributed by atoms with Crippen molar-refractivity contribution in [2.45, 2.75) is 11.8 Å². The standard InChI is InChI=1S/C15H16N2O4S/c1-2-16-22(20,21)14-8-3-5-11(9-14)15(19)17-12-6-4-7-13(18)10-12/h3-10,16,18H,2H2,1H3,(H,17,19). The smallest absolute Gasteiger partial charge is 0.255 e. The molecule has 0 heterocycles. The molecule has 3 N–H and O–H groups in total. The van der Waals surface area contributed by atoms with E-state index in [0.717, 1.165) is 0 Å². The van der Waals surface area contributed by atoms with Gasteiger partial charge in [-0.1, -0.05) is 19.1 Å². The minimum atomic E-state index is -3.62. The second-order valence-corrected chi connectivity index (χ2v) is 6.30. The summed E-state index contributed by atoms with van der Waals surface area (Å²) >= 11 is 0. The van der Waals surface area contributed by atoms with Gasteiger partial charge in [0.2, 0.25) is 10.0 Å². The van der Waals surface area contributed by atoms with Crippen LogP contribution < -0.4 is 10.0 Å². The third-order valence-electron chi connectivity index (χ3n) is 2.84. The molecular weight excluding hydrogens is 304 g/mol. The molecule has 0 saturated heterocycles. The number of phenolic OH excluding ortho intramolecular Hbond substituents is 1. The van der Waals surface area contributed by atoms with Crippen molar-refractivity contribution in [2.24, 2.45) is 0 Å². The van der Waals surface area contributed by atoms with E-state index in [-0.39, 0.29) is 22.8 Å². The molecule has 7 heteroatoms. The van der Waals surface area contributed by atoms with Crippen LogP contribution in [-0.2, 0) is 10.0 Å². The minimum absolute atomic E-state index is 0.0258. The van der Waals surface area contributed by atoms with Crippen LogP contribution in [0, 0.1) is 0 Å². The van der Waals surface area contributed by atoms with Gasteiger partial charge in [0.15, 0.2) is 0 Å². The maximum atomic E-state index is 12.2. The molecule has 0 fully saturated rings. The van der Waals surface area contributed by atoms with Crippen LogP contribution in [0.3, 0.4) is 0 Å². The summed E-state index contributed by atoms with van der Waals surface area (Å²) in [6.45, 7) is 1.94. The molecule has 2 rings (SSSR count). The number of aromatic hydroxyl groups is 1. The van der Waals surface area contributed by atoms with Crippen LogP contribution in [0.15, 0.2) is 53.4 Å². The third-order valence-corrected chi connectivity index (χ3v) is 4.39. The van der Waals surface area contributed by atoms with Gasteiger partial charge in [0.25, 0.3) is 5.91 Å². The highest BCUT2D eigenvalue weighted by atomic mass is 32.2. The van der Waals surface area contributed by atoms with E-state index in [4.69, 9.17) is 0 Å². The zero-order chi connectivity index (χ0) is 16.2. The number of carbonyl (C=O) groups is 1. The predicted molar refractivity (Wildman–Crippen MR) is 83.4 cm³/mol. The van der Waals surface area contributed by atoms with E-state index in [2.05, 4.69) is 10.0 Å². The van der Waals surface area contributed by atoms with Crippen LogP contribution in [0.5, 0.6) is 5.75 Å². The second-order valence-electron chi connectivity index (χ2n) is 4.53. The van der Waals surface area contributed by atoms with Crippen LogP contribution in [0.2, 0.25) is 0 Å². The molecule has 0 aliphatic rings. The SMILES string of the molecule is CCNS(=O)(=O)c1cccc(C(=O)Nc2cccc(O)c2)c1. The number of amides is 1. The first kappa shape index (κ1) is 16.0. The Hall–Kier alpha value is -2.38. The van der Waals surface area contributed by atoms with Crippen molar-refractivity contribution in [3.63, 3.8) is 0 Å². The lowest BCUT2D eigenvalue weighted by Gasteiger charge is -2.08. The summed E-state index contributed by atoms with van der Waals surface area (Å²) in [5.41, 5.74) is 0.632. The number of phenols is 1. The lowest BCUT2D eigenvalue weighted by molar-refractivity contribution is 0.102. The van der Waals surface area contributed by atoms with Crippen LogP contribution in [0.25, 0.3) is 0 Å². The molecule has 2 aromatic rings. The number of rotatable bonds is 5. The molecule has 0 radical (unpaired) electrons. The Morgan fingerprint density at radius 1 is 1.14 bits per heavy atom. The number of sulfonamides is 1. The van der Waals surface area contributed by atoms with Crippen molar-refractivity contribution >= 4 is 21.6 Å². The molecule has 0 saturated carbocycles. The number of hydrogen-bond donors (Lipinski definition) is 3. The van der Waals surface area contributed by atoms with E-state index in [1.807, 2.05) is 0 Å². The second kappa shape index (κ2) is 6.59. The van der Waals surface area contributed by atoms with Crippen molar-refractivity contribution in [3.8, 4) is 5.75 Å². The predicted octanol–water partition coefficient (Wildman–Crippen LogP) is 1.94. The fourth-order valence-electron chi connectivity index (χ4n) is 1.86. The third kappa shape index (κ3) is 3.84. The summed E-state index contributed by atoms with van der Waals surface area (Å²) in [6.07, 6.45) is 0. The Balaban J connectivity index is 2.24. The van der Waals surface area contributed by atoms with Gasteiger partial charge in [-0.3, -0.25) is 4.79 Å². The zero-order valence-corrected chi connectivity index (χ0v) is 12.7. The van der Waals surface area contributed by atoms with Gasteiger partial charge < -0.3 is 10.4 Å². The molecule has 1 amide bonds. The summed E-state index contributed by atoms with van der Waals surface area (Å²) in [5.74, 6) is -0.430. The Bertz CT molecular complexity index is 788. The monoisotopic (exact) mass is 320 g/mol. The minimum Gasteiger partial charge on any atom is -0.508 e. The fourth-order valence-corrected chi connectivity index (χ4v) is 2.95. The van der Waals surface area contributed by atoms with Crippen LogP contribution in [0.1, 0.15) is 17.3 Å². The Morgan fingerprint density at radius 2 is 1.86 bits per heavy atom. The molecule has 22 heavy (non-hydrogen) atoms. The molecular formula is C15H16N2O4S. The molecule has 0 aliphatic carbocycles. The van der Waals surface area contributed by atoms with E-state index in [0.29, 0.717) is 5.69 Å². The molecule has 0 spiro atoms. The number of benzene rings is 2. The Kier molecular flexibility index (Phi) is 4.79. The van der Waals surface area contributed by atoms with Crippen molar-refractivity contribution < 1.29 is 18.3 Å². The van der Waals surface area contributed by atoms with E-state index in [1.165, 1.54) is 36.4 Å². The molecule has 0 unspecified atom stereocenters. The van der Waals surface area contributed by atoms with Gasteiger partial charge in [0.1, 0.15) is 5.75 Å². The molecule has 0 aromatic heterocycles. The van der Waals surface area contributed by atoms with Crippen LogP contribution >= 0.6 is 0 Å². The van der Waals surface area contributed by atoms with Gasteiger partial charge in [0, 0.05) is 23.9 Å². The van der Waals surface area contributed by atoms with E-state index in [1.54, 1.807) is 19.1 Å². The average Bonchev–Trinajstić information content (AvgIpc) is 2.47. The fraction of sp³-hybridized carbons (Fsp3) is 0.133. The highest BCUT2D eigenvalue weighted by Crippen LogP contribution is 2.17. The number of hydrogen-bond acceptors (Lipinski definition) is 4. The summed E-state index contributed by atoms with van der Waals surface area (Å²) in [7, 11) is -3.62. The highest BCUT2D eigenvalue weighted by molar-refractivity contribution is 7.89. The maximum Gasteiger partial charge on any atom is 0.255 e. The molecule has 2 aromatic carbocycles. The van der Waals surface area contributed by atoms with Gasteiger partial charge in [-0.05, 0) is 30.3 Å². The normalized spacial score (nSPS) is 11.1. The quantitative estimate of drug-likeness (QED) is 0.784. The first-order valence-corrected chi connectivity index (χ1v) is 8.11. The lowest BCUT2D eigenvalue weighted by atomic mass is 10.2. The first-order chi connectivity index (χ1) is 10.4. The summed E-state index contributed by atoms with van der Waals surface area (Å²) in [5, 5.41) is 12.0. The number of carbonyl (C=O) groups excluding carboxylic acids is 1.